The highest BCUT2D eigenvalue weighted by Gasteiger charge is 2.18. The minimum atomic E-state index is -0.763. The van der Waals surface area contributed by atoms with Gasteiger partial charge in [-0.05, 0) is 25.1 Å². The van der Waals surface area contributed by atoms with Crippen molar-refractivity contribution in [3.05, 3.63) is 70.4 Å². The maximum atomic E-state index is 12.5. The molecule has 0 aliphatic heterocycles. The largest absolute Gasteiger partial charge is 0.467 e. The number of hydrogen-bond donors (Lipinski definition) is 3. The van der Waals surface area contributed by atoms with Crippen LogP contribution in [0.2, 0.25) is 0 Å². The second-order valence-electron chi connectivity index (χ2n) is 5.59. The van der Waals surface area contributed by atoms with Crippen LogP contribution < -0.4 is 16.2 Å². The van der Waals surface area contributed by atoms with E-state index in [1.165, 1.54) is 12.3 Å². The first-order valence-electron chi connectivity index (χ1n) is 7.77. The molecule has 0 unspecified atom stereocenters. The molecule has 3 rings (SSSR count). The van der Waals surface area contributed by atoms with E-state index in [9.17, 15) is 14.4 Å². The summed E-state index contributed by atoms with van der Waals surface area (Å²) in [5.41, 5.74) is 0.416. The van der Waals surface area contributed by atoms with Crippen molar-refractivity contribution in [1.82, 2.24) is 15.6 Å². The fourth-order valence-corrected chi connectivity index (χ4v) is 2.47. The van der Waals surface area contributed by atoms with Crippen molar-refractivity contribution in [2.24, 2.45) is 0 Å². The Morgan fingerprint density at radius 1 is 1.20 bits per heavy atom. The third kappa shape index (κ3) is 3.77. The van der Waals surface area contributed by atoms with Crippen LogP contribution in [0.5, 0.6) is 0 Å². The summed E-state index contributed by atoms with van der Waals surface area (Å²) in [5, 5.41) is 5.90. The summed E-state index contributed by atoms with van der Waals surface area (Å²) in [7, 11) is 0. The minimum Gasteiger partial charge on any atom is -0.467 e. The average Bonchev–Trinajstić information content (AvgIpc) is 3.12. The second kappa shape index (κ2) is 7.04. The Bertz CT molecular complexity index is 960. The highest BCUT2D eigenvalue weighted by molar-refractivity contribution is 6.07. The van der Waals surface area contributed by atoms with Crippen LogP contribution in [0, 0.1) is 0 Å². The lowest BCUT2D eigenvalue weighted by Crippen LogP contribution is -2.44. The predicted molar refractivity (Wildman–Crippen MR) is 92.1 cm³/mol. The number of para-hydroxylation sites is 1. The van der Waals surface area contributed by atoms with Crippen molar-refractivity contribution in [3.63, 3.8) is 0 Å². The van der Waals surface area contributed by atoms with Crippen LogP contribution in [0.15, 0.2) is 57.9 Å². The standard InChI is InChI=1S/C18H17N3O4/c1-11(17(23)19-10-12-5-4-8-25-12)20-18(24)14-9-16(22)21-15-7-3-2-6-13(14)15/h2-9,11H,10H2,1H3,(H,19,23)(H,20,24)(H,21,22)/t11-/m0/s1. The van der Waals surface area contributed by atoms with Crippen LogP contribution in [0.25, 0.3) is 10.9 Å². The summed E-state index contributed by atoms with van der Waals surface area (Å²) in [6.07, 6.45) is 1.52. The van der Waals surface area contributed by atoms with E-state index in [1.54, 1.807) is 43.3 Å². The second-order valence-corrected chi connectivity index (χ2v) is 5.59. The van der Waals surface area contributed by atoms with Crippen LogP contribution in [0.3, 0.4) is 0 Å². The molecule has 0 spiro atoms. The fraction of sp³-hybridized carbons (Fsp3) is 0.167. The Morgan fingerprint density at radius 2 is 2.00 bits per heavy atom. The predicted octanol–water partition coefficient (Wildman–Crippen LogP) is 1.56. The van der Waals surface area contributed by atoms with E-state index in [1.807, 2.05) is 0 Å². The van der Waals surface area contributed by atoms with E-state index in [0.717, 1.165) is 0 Å². The number of benzene rings is 1. The van der Waals surface area contributed by atoms with Crippen molar-refractivity contribution in [2.75, 3.05) is 0 Å². The molecule has 2 amide bonds. The van der Waals surface area contributed by atoms with Crippen molar-refractivity contribution >= 4 is 22.7 Å². The Balaban J connectivity index is 1.71. The molecule has 7 heteroatoms. The minimum absolute atomic E-state index is 0.227. The van der Waals surface area contributed by atoms with Gasteiger partial charge in [0.05, 0.1) is 18.4 Å². The Kier molecular flexibility index (Phi) is 4.65. The van der Waals surface area contributed by atoms with Crippen molar-refractivity contribution in [3.8, 4) is 0 Å². The van der Waals surface area contributed by atoms with Crippen molar-refractivity contribution in [1.29, 1.82) is 0 Å². The maximum Gasteiger partial charge on any atom is 0.252 e. The number of carbonyl (C=O) groups is 2. The van der Waals surface area contributed by atoms with Gasteiger partial charge in [-0.15, -0.1) is 0 Å². The molecule has 128 valence electrons. The van der Waals surface area contributed by atoms with E-state index < -0.39 is 11.9 Å². The van der Waals surface area contributed by atoms with Crippen molar-refractivity contribution in [2.45, 2.75) is 19.5 Å². The molecular formula is C18H17N3O4. The fourth-order valence-electron chi connectivity index (χ4n) is 2.47. The number of fused-ring (bicyclic) bond motifs is 1. The topological polar surface area (TPSA) is 104 Å². The zero-order valence-corrected chi connectivity index (χ0v) is 13.5. The lowest BCUT2D eigenvalue weighted by atomic mass is 10.1. The van der Waals surface area contributed by atoms with Crippen LogP contribution >= 0.6 is 0 Å². The molecule has 0 radical (unpaired) electrons. The number of nitrogens with one attached hydrogen (secondary N) is 3. The summed E-state index contributed by atoms with van der Waals surface area (Å²) in [5.74, 6) is -0.214. The molecule has 1 atom stereocenters. The van der Waals surface area contributed by atoms with Gasteiger partial charge in [0.25, 0.3) is 5.91 Å². The number of hydrogen-bond acceptors (Lipinski definition) is 4. The molecule has 0 saturated carbocycles. The highest BCUT2D eigenvalue weighted by Crippen LogP contribution is 2.14. The molecule has 3 N–H and O–H groups in total. The molecule has 0 fully saturated rings. The third-order valence-corrected chi connectivity index (χ3v) is 3.75. The van der Waals surface area contributed by atoms with Crippen molar-refractivity contribution < 1.29 is 14.0 Å². The monoisotopic (exact) mass is 339 g/mol. The van der Waals surface area contributed by atoms with Gasteiger partial charge in [0.2, 0.25) is 11.5 Å². The van der Waals surface area contributed by atoms with Crippen LogP contribution in [0.1, 0.15) is 23.0 Å². The molecule has 3 aromatic rings. The number of rotatable bonds is 5. The molecular weight excluding hydrogens is 322 g/mol. The van der Waals surface area contributed by atoms with Gasteiger partial charge >= 0.3 is 0 Å². The third-order valence-electron chi connectivity index (χ3n) is 3.75. The highest BCUT2D eigenvalue weighted by atomic mass is 16.3. The van der Waals surface area contributed by atoms with Gasteiger partial charge in [-0.2, -0.15) is 0 Å². The summed E-state index contributed by atoms with van der Waals surface area (Å²) in [6, 6.07) is 10.9. The number of amides is 2. The molecule has 0 bridgehead atoms. The van der Waals surface area contributed by atoms with Crippen LogP contribution in [-0.4, -0.2) is 22.8 Å². The molecule has 2 aromatic heterocycles. The van der Waals surface area contributed by atoms with Crippen LogP contribution in [0.4, 0.5) is 0 Å². The first kappa shape index (κ1) is 16.5. The maximum absolute atomic E-state index is 12.5. The Labute approximate surface area is 143 Å². The number of furan rings is 1. The number of aromatic nitrogens is 1. The van der Waals surface area contributed by atoms with E-state index >= 15 is 0 Å². The first-order valence-corrected chi connectivity index (χ1v) is 7.77. The van der Waals surface area contributed by atoms with E-state index in [2.05, 4.69) is 15.6 Å². The van der Waals surface area contributed by atoms with Crippen LogP contribution in [-0.2, 0) is 11.3 Å². The Morgan fingerprint density at radius 3 is 2.76 bits per heavy atom. The molecule has 0 aliphatic rings. The summed E-state index contributed by atoms with van der Waals surface area (Å²) >= 11 is 0. The van der Waals surface area contributed by atoms with E-state index in [4.69, 9.17) is 4.42 Å². The van der Waals surface area contributed by atoms with Gasteiger partial charge in [-0.25, -0.2) is 0 Å². The zero-order chi connectivity index (χ0) is 17.8. The quantitative estimate of drug-likeness (QED) is 0.656. The molecule has 0 saturated heterocycles. The molecule has 1 aromatic carbocycles. The zero-order valence-electron chi connectivity index (χ0n) is 13.5. The molecule has 7 nitrogen and oxygen atoms in total. The molecule has 0 aliphatic carbocycles. The van der Waals surface area contributed by atoms with Gasteiger partial charge in [0.1, 0.15) is 11.8 Å². The number of H-pyrrole nitrogens is 1. The first-order chi connectivity index (χ1) is 12.0. The van der Waals surface area contributed by atoms with E-state index in [0.29, 0.717) is 16.7 Å². The van der Waals surface area contributed by atoms with E-state index in [-0.39, 0.29) is 23.6 Å². The van der Waals surface area contributed by atoms with Gasteiger partial charge in [-0.3, -0.25) is 14.4 Å². The van der Waals surface area contributed by atoms with Gasteiger partial charge in [0.15, 0.2) is 0 Å². The van der Waals surface area contributed by atoms with Gasteiger partial charge < -0.3 is 20.0 Å². The number of pyridine rings is 1. The Hall–Kier alpha value is -3.35. The normalized spacial score (nSPS) is 11.9. The smallest absolute Gasteiger partial charge is 0.252 e. The molecule has 25 heavy (non-hydrogen) atoms. The summed E-state index contributed by atoms with van der Waals surface area (Å²) in [4.78, 5) is 39.0. The number of aromatic amines is 1. The van der Waals surface area contributed by atoms with Gasteiger partial charge in [0, 0.05) is 17.0 Å². The molecule has 2 heterocycles. The SMILES string of the molecule is C[C@H](NC(=O)c1cc(=O)[nH]c2ccccc12)C(=O)NCc1ccco1. The lowest BCUT2D eigenvalue weighted by molar-refractivity contribution is -0.122. The lowest BCUT2D eigenvalue weighted by Gasteiger charge is -2.14. The number of carbonyl (C=O) groups excluding carboxylic acids is 2. The average molecular weight is 339 g/mol. The summed E-state index contributed by atoms with van der Waals surface area (Å²) < 4.78 is 5.14. The summed E-state index contributed by atoms with van der Waals surface area (Å²) in [6.45, 7) is 1.81. The van der Waals surface area contributed by atoms with Gasteiger partial charge in [-0.1, -0.05) is 18.2 Å².